The van der Waals surface area contributed by atoms with Gasteiger partial charge < -0.3 is 34.5 Å². The minimum absolute atomic E-state index is 0.0487. The van der Waals surface area contributed by atoms with Gasteiger partial charge in [0, 0.05) is 12.8 Å². The molecule has 3 N–H and O–H groups in total. The second-order valence-corrected chi connectivity index (χ2v) is 13.3. The van der Waals surface area contributed by atoms with Gasteiger partial charge in [0.25, 0.3) is 5.91 Å². The number of carbonyl (C=O) groups is 3. The monoisotopic (exact) mass is 689 g/mol. The molecular formula is C35H41Cl2NO9. The van der Waals surface area contributed by atoms with Crippen LogP contribution in [-0.2, 0) is 27.1 Å². The van der Waals surface area contributed by atoms with Gasteiger partial charge in [-0.05, 0) is 75.6 Å². The maximum absolute atomic E-state index is 12.9. The molecule has 0 radical (unpaired) electrons. The molecule has 0 saturated carbocycles. The molecule has 3 rings (SSSR count). The number of halogens is 2. The Morgan fingerprint density at radius 1 is 0.809 bits per heavy atom. The molecule has 0 heterocycles. The third-order valence-corrected chi connectivity index (χ3v) is 7.70. The smallest absolute Gasteiger partial charge is 0.335 e. The summed E-state index contributed by atoms with van der Waals surface area (Å²) in [4.78, 5) is 36.3. The lowest BCUT2D eigenvalue weighted by atomic mass is 9.94. The molecule has 0 fully saturated rings. The summed E-state index contributed by atoms with van der Waals surface area (Å²) in [6.07, 6.45) is 0.545. The van der Waals surface area contributed by atoms with Gasteiger partial charge in [0.2, 0.25) is 0 Å². The molecule has 10 nitrogen and oxygen atoms in total. The largest absolute Gasteiger partial charge is 0.496 e. The SMILES string of the molecule is COc1cc(CC(C)(C)OCCOC(C)(C)C)cc(OC)c1-c1ccc(C[C@H](NC(=O)c2c(Cl)cc(C(=O)O)cc2Cl)C(=O)O)cc1. The summed E-state index contributed by atoms with van der Waals surface area (Å²) in [7, 11) is 3.16. The fourth-order valence-corrected chi connectivity index (χ4v) is 5.61. The van der Waals surface area contributed by atoms with Gasteiger partial charge in [0.05, 0.1) is 65.4 Å². The summed E-state index contributed by atoms with van der Waals surface area (Å²) < 4.78 is 23.4. The minimum atomic E-state index is -1.33. The number of nitrogens with one attached hydrogen (secondary N) is 1. The molecule has 0 aliphatic rings. The summed E-state index contributed by atoms with van der Waals surface area (Å²) in [5.41, 5.74) is 1.95. The van der Waals surface area contributed by atoms with Crippen LogP contribution in [0.3, 0.4) is 0 Å². The van der Waals surface area contributed by atoms with Gasteiger partial charge in [-0.1, -0.05) is 47.5 Å². The Labute approximate surface area is 284 Å². The zero-order chi connectivity index (χ0) is 35.1. The van der Waals surface area contributed by atoms with Crippen LogP contribution < -0.4 is 14.8 Å². The number of aromatic carboxylic acids is 1. The highest BCUT2D eigenvalue weighted by Gasteiger charge is 2.26. The van der Waals surface area contributed by atoms with Gasteiger partial charge in [-0.3, -0.25) is 4.79 Å². The number of amides is 1. The molecule has 1 atom stereocenters. The van der Waals surface area contributed by atoms with Crippen molar-refractivity contribution in [1.29, 1.82) is 0 Å². The van der Waals surface area contributed by atoms with E-state index in [-0.39, 0.29) is 33.2 Å². The molecule has 3 aromatic carbocycles. The number of carboxylic acid groups (broad SMARTS) is 2. The van der Waals surface area contributed by atoms with E-state index in [9.17, 15) is 24.6 Å². The number of ether oxygens (including phenoxy) is 4. The quantitative estimate of drug-likeness (QED) is 0.145. The first-order chi connectivity index (χ1) is 21.9. The fourth-order valence-electron chi connectivity index (χ4n) is 4.95. The Morgan fingerprint density at radius 3 is 1.81 bits per heavy atom. The Kier molecular flexibility index (Phi) is 12.7. The zero-order valence-electron chi connectivity index (χ0n) is 27.5. The van der Waals surface area contributed by atoms with E-state index in [4.69, 9.17) is 42.1 Å². The lowest BCUT2D eigenvalue weighted by Gasteiger charge is -2.27. The van der Waals surface area contributed by atoms with Gasteiger partial charge >= 0.3 is 11.9 Å². The molecule has 12 heteroatoms. The van der Waals surface area contributed by atoms with E-state index in [2.05, 4.69) is 5.32 Å². The Bertz CT molecular complexity index is 1550. The molecule has 0 unspecified atom stereocenters. The average molecular weight is 691 g/mol. The van der Waals surface area contributed by atoms with Gasteiger partial charge in [-0.2, -0.15) is 0 Å². The van der Waals surface area contributed by atoms with Crippen molar-refractivity contribution >= 4 is 41.0 Å². The summed E-state index contributed by atoms with van der Waals surface area (Å²) in [6, 6.07) is 11.9. The Morgan fingerprint density at radius 2 is 1.34 bits per heavy atom. The number of carboxylic acids is 2. The summed E-state index contributed by atoms with van der Waals surface area (Å²) in [6.45, 7) is 11.0. The van der Waals surface area contributed by atoms with Crippen molar-refractivity contribution in [3.63, 3.8) is 0 Å². The molecule has 0 bridgehead atoms. The van der Waals surface area contributed by atoms with Crippen molar-refractivity contribution in [2.45, 2.75) is 64.7 Å². The van der Waals surface area contributed by atoms with Crippen LogP contribution >= 0.6 is 23.2 Å². The van der Waals surface area contributed by atoms with Crippen LogP contribution in [0.2, 0.25) is 10.0 Å². The summed E-state index contributed by atoms with van der Waals surface area (Å²) in [5, 5.41) is 21.0. The van der Waals surface area contributed by atoms with Crippen LogP contribution in [-0.4, -0.2) is 72.7 Å². The van der Waals surface area contributed by atoms with Crippen LogP contribution in [0.15, 0.2) is 48.5 Å². The van der Waals surface area contributed by atoms with Crippen molar-refractivity contribution < 1.29 is 43.5 Å². The van der Waals surface area contributed by atoms with E-state index in [1.54, 1.807) is 26.4 Å². The molecule has 0 spiro atoms. The number of rotatable bonds is 15. The maximum atomic E-state index is 12.9. The van der Waals surface area contributed by atoms with Crippen LogP contribution in [0.25, 0.3) is 11.1 Å². The van der Waals surface area contributed by atoms with E-state index >= 15 is 0 Å². The van der Waals surface area contributed by atoms with Crippen molar-refractivity contribution in [2.75, 3.05) is 27.4 Å². The van der Waals surface area contributed by atoms with Gasteiger partial charge in [0.15, 0.2) is 0 Å². The molecule has 0 aromatic heterocycles. The lowest BCUT2D eigenvalue weighted by Crippen LogP contribution is -2.42. The molecule has 254 valence electrons. The fraction of sp³-hybridized carbons (Fsp3) is 0.400. The van der Waals surface area contributed by atoms with Gasteiger partial charge in [-0.25, -0.2) is 9.59 Å². The molecule has 0 aliphatic carbocycles. The predicted molar refractivity (Wildman–Crippen MR) is 180 cm³/mol. The van der Waals surface area contributed by atoms with E-state index in [1.165, 1.54) is 0 Å². The molecular weight excluding hydrogens is 649 g/mol. The van der Waals surface area contributed by atoms with Crippen molar-refractivity contribution in [1.82, 2.24) is 5.32 Å². The highest BCUT2D eigenvalue weighted by molar-refractivity contribution is 6.40. The summed E-state index contributed by atoms with van der Waals surface area (Å²) in [5.74, 6) is -2.20. The Hall–Kier alpha value is -3.83. The minimum Gasteiger partial charge on any atom is -0.496 e. The number of benzene rings is 3. The Balaban J connectivity index is 1.78. The normalized spacial score (nSPS) is 12.4. The topological polar surface area (TPSA) is 141 Å². The molecule has 47 heavy (non-hydrogen) atoms. The van der Waals surface area contributed by atoms with E-state index in [0.717, 1.165) is 28.8 Å². The molecule has 1 amide bonds. The predicted octanol–water partition coefficient (Wildman–Crippen LogP) is 6.95. The summed E-state index contributed by atoms with van der Waals surface area (Å²) >= 11 is 12.2. The molecule has 0 saturated heterocycles. The van der Waals surface area contributed by atoms with E-state index in [0.29, 0.717) is 36.7 Å². The van der Waals surface area contributed by atoms with Crippen LogP contribution in [0.1, 0.15) is 66.5 Å². The van der Waals surface area contributed by atoms with Gasteiger partial charge in [-0.15, -0.1) is 0 Å². The third-order valence-electron chi connectivity index (χ3n) is 7.11. The van der Waals surface area contributed by atoms with Gasteiger partial charge in [0.1, 0.15) is 17.5 Å². The molecule has 0 aliphatic heterocycles. The zero-order valence-corrected chi connectivity index (χ0v) is 29.0. The van der Waals surface area contributed by atoms with Crippen LogP contribution in [0.5, 0.6) is 11.5 Å². The number of methoxy groups -OCH3 is 2. The van der Waals surface area contributed by atoms with Crippen LogP contribution in [0, 0.1) is 0 Å². The molecule has 3 aromatic rings. The number of hydrogen-bond donors (Lipinski definition) is 3. The van der Waals surface area contributed by atoms with Crippen molar-refractivity contribution in [3.8, 4) is 22.6 Å². The lowest BCUT2D eigenvalue weighted by molar-refractivity contribution is -0.139. The van der Waals surface area contributed by atoms with E-state index < -0.39 is 29.5 Å². The van der Waals surface area contributed by atoms with Crippen LogP contribution in [0.4, 0.5) is 0 Å². The van der Waals surface area contributed by atoms with Crippen molar-refractivity contribution in [3.05, 3.63) is 80.8 Å². The second kappa shape index (κ2) is 15.8. The number of hydrogen-bond acceptors (Lipinski definition) is 7. The standard InChI is InChI=1S/C35H41Cl2NO9/c1-34(2,3)46-12-13-47-35(4,5)19-21-15-27(44-6)29(28(16-21)45-7)22-10-8-20(9-11-22)14-26(33(42)43)38-31(39)30-24(36)17-23(32(40)41)18-25(30)37/h8-11,15-18,26H,12-14,19H2,1-7H3,(H,38,39)(H,40,41)(H,42,43)/t26-/m0/s1. The van der Waals surface area contributed by atoms with E-state index in [1.807, 2.05) is 58.9 Å². The highest BCUT2D eigenvalue weighted by atomic mass is 35.5. The highest BCUT2D eigenvalue weighted by Crippen LogP contribution is 2.40. The maximum Gasteiger partial charge on any atom is 0.335 e. The first-order valence-electron chi connectivity index (χ1n) is 14.8. The average Bonchev–Trinajstić information content (AvgIpc) is 2.97. The second-order valence-electron chi connectivity index (χ2n) is 12.5. The third kappa shape index (κ3) is 10.6. The first-order valence-corrected chi connectivity index (χ1v) is 15.6. The first kappa shape index (κ1) is 37.6. The number of aliphatic carboxylic acids is 1. The number of carbonyl (C=O) groups excluding carboxylic acids is 1. The van der Waals surface area contributed by atoms with Crippen molar-refractivity contribution in [2.24, 2.45) is 0 Å².